The van der Waals surface area contributed by atoms with Gasteiger partial charge in [0.2, 0.25) is 5.75 Å². The highest BCUT2D eigenvalue weighted by Crippen LogP contribution is 2.37. The average molecular weight is 296 g/mol. The number of phenolic OH excluding ortho intramolecular Hbond substituents is 3. The van der Waals surface area contributed by atoms with Crippen LogP contribution in [0.3, 0.4) is 0 Å². The van der Waals surface area contributed by atoms with Crippen LogP contribution in [-0.2, 0) is 0 Å². The molecule has 3 rings (SSSR count). The number of hydrogen-bond donors (Lipinski definition) is 4. The van der Waals surface area contributed by atoms with Gasteiger partial charge in [-0.2, -0.15) is 0 Å². The highest BCUT2D eigenvalue weighted by molar-refractivity contribution is 5.79. The summed E-state index contributed by atoms with van der Waals surface area (Å²) in [6.07, 6.45) is 2.97. The lowest BCUT2D eigenvalue weighted by atomic mass is 10.1. The van der Waals surface area contributed by atoms with E-state index >= 15 is 0 Å². The van der Waals surface area contributed by atoms with Crippen molar-refractivity contribution >= 4 is 23.1 Å². The number of aromatic amines is 1. The Hall–Kier alpha value is -3.28. The third-order valence-corrected chi connectivity index (χ3v) is 3.21. The van der Waals surface area contributed by atoms with Gasteiger partial charge < -0.3 is 20.3 Å². The van der Waals surface area contributed by atoms with Crippen LogP contribution in [0, 0.1) is 0 Å². The van der Waals surface area contributed by atoms with E-state index in [1.807, 2.05) is 0 Å². The van der Waals surface area contributed by atoms with Crippen LogP contribution < -0.4 is 5.56 Å². The molecule has 6 heteroatoms. The van der Waals surface area contributed by atoms with Gasteiger partial charge in [-0.25, -0.2) is 4.98 Å². The molecule has 0 bridgehead atoms. The molecule has 0 aliphatic carbocycles. The number of aromatic nitrogens is 2. The Balaban J connectivity index is 2.03. The fraction of sp³-hybridized carbons (Fsp3) is 0. The summed E-state index contributed by atoms with van der Waals surface area (Å²) in [7, 11) is 0. The number of benzene rings is 2. The summed E-state index contributed by atoms with van der Waals surface area (Å²) < 4.78 is 0. The maximum atomic E-state index is 11.9. The first-order valence-electron chi connectivity index (χ1n) is 6.47. The van der Waals surface area contributed by atoms with Gasteiger partial charge in [0, 0.05) is 5.56 Å². The minimum Gasteiger partial charge on any atom is -0.504 e. The highest BCUT2D eigenvalue weighted by atomic mass is 16.3. The Morgan fingerprint density at radius 1 is 0.955 bits per heavy atom. The molecule has 0 fully saturated rings. The first-order valence-corrected chi connectivity index (χ1v) is 6.47. The van der Waals surface area contributed by atoms with Crippen molar-refractivity contribution in [3.8, 4) is 17.2 Å². The quantitative estimate of drug-likeness (QED) is 0.542. The van der Waals surface area contributed by atoms with Gasteiger partial charge in [-0.3, -0.25) is 4.79 Å². The van der Waals surface area contributed by atoms with Crippen molar-refractivity contribution < 1.29 is 15.3 Å². The highest BCUT2D eigenvalue weighted by Gasteiger charge is 2.09. The molecule has 0 unspecified atom stereocenters. The second kappa shape index (κ2) is 5.25. The lowest BCUT2D eigenvalue weighted by Crippen LogP contribution is -2.09. The van der Waals surface area contributed by atoms with E-state index in [-0.39, 0.29) is 11.1 Å². The van der Waals surface area contributed by atoms with Crippen LogP contribution in [0.4, 0.5) is 0 Å². The monoisotopic (exact) mass is 296 g/mol. The van der Waals surface area contributed by atoms with E-state index in [1.54, 1.807) is 24.3 Å². The van der Waals surface area contributed by atoms with Gasteiger partial charge in [0.15, 0.2) is 11.5 Å². The zero-order valence-electron chi connectivity index (χ0n) is 11.3. The van der Waals surface area contributed by atoms with Crippen molar-refractivity contribution in [2.45, 2.75) is 0 Å². The van der Waals surface area contributed by atoms with E-state index in [4.69, 9.17) is 0 Å². The van der Waals surface area contributed by atoms with Crippen LogP contribution in [0.15, 0.2) is 41.2 Å². The minimum absolute atomic E-state index is 0.261. The van der Waals surface area contributed by atoms with Crippen molar-refractivity contribution in [3.05, 3.63) is 58.1 Å². The fourth-order valence-corrected chi connectivity index (χ4v) is 2.07. The van der Waals surface area contributed by atoms with E-state index in [2.05, 4.69) is 9.97 Å². The van der Waals surface area contributed by atoms with Crippen LogP contribution in [0.25, 0.3) is 23.1 Å². The van der Waals surface area contributed by atoms with Crippen molar-refractivity contribution in [3.63, 3.8) is 0 Å². The molecule has 3 aromatic rings. The first-order chi connectivity index (χ1) is 10.6. The lowest BCUT2D eigenvalue weighted by Gasteiger charge is -2.03. The largest absolute Gasteiger partial charge is 0.504 e. The van der Waals surface area contributed by atoms with Gasteiger partial charge >= 0.3 is 0 Å². The maximum Gasteiger partial charge on any atom is 0.259 e. The molecule has 4 N–H and O–H groups in total. The molecular formula is C16H12N2O4. The predicted molar refractivity (Wildman–Crippen MR) is 82.7 cm³/mol. The van der Waals surface area contributed by atoms with Crippen LogP contribution in [-0.4, -0.2) is 25.3 Å². The topological polar surface area (TPSA) is 106 Å². The van der Waals surface area contributed by atoms with Crippen molar-refractivity contribution in [1.82, 2.24) is 9.97 Å². The first kappa shape index (κ1) is 13.7. The molecule has 0 aliphatic heterocycles. The molecule has 110 valence electrons. The Kier molecular flexibility index (Phi) is 3.27. The summed E-state index contributed by atoms with van der Waals surface area (Å²) in [5, 5.41) is 29.0. The maximum absolute atomic E-state index is 11.9. The number of H-pyrrole nitrogens is 1. The van der Waals surface area contributed by atoms with Crippen LogP contribution in [0.1, 0.15) is 11.4 Å². The fourth-order valence-electron chi connectivity index (χ4n) is 2.07. The SMILES string of the molecule is O=c1[nH]c(/C=C/c2ccc(O)c(O)c2O)nc2ccccc12. The van der Waals surface area contributed by atoms with Gasteiger partial charge in [-0.05, 0) is 36.4 Å². The molecule has 0 amide bonds. The van der Waals surface area contributed by atoms with Gasteiger partial charge in [-0.15, -0.1) is 0 Å². The lowest BCUT2D eigenvalue weighted by molar-refractivity contribution is 0.367. The van der Waals surface area contributed by atoms with Crippen LogP contribution in [0.5, 0.6) is 17.2 Å². The zero-order valence-corrected chi connectivity index (χ0v) is 11.3. The van der Waals surface area contributed by atoms with E-state index in [9.17, 15) is 20.1 Å². The molecule has 0 spiro atoms. The number of phenols is 3. The smallest absolute Gasteiger partial charge is 0.259 e. The number of nitrogens with one attached hydrogen (secondary N) is 1. The Morgan fingerprint density at radius 2 is 1.73 bits per heavy atom. The third-order valence-electron chi connectivity index (χ3n) is 3.21. The Labute approximate surface area is 124 Å². The molecule has 6 nitrogen and oxygen atoms in total. The number of aromatic hydroxyl groups is 3. The van der Waals surface area contributed by atoms with Crippen molar-refractivity contribution in [2.75, 3.05) is 0 Å². The zero-order chi connectivity index (χ0) is 15.7. The molecule has 0 radical (unpaired) electrons. The number of rotatable bonds is 2. The standard InChI is InChI=1S/C16H12N2O4/c19-12-7-5-9(14(20)15(12)21)6-8-13-17-11-4-2-1-3-10(11)16(22)18-13/h1-8,19-21H,(H,17,18,22)/b8-6+. The molecule has 0 aliphatic rings. The molecule has 22 heavy (non-hydrogen) atoms. The van der Waals surface area contributed by atoms with Crippen LogP contribution >= 0.6 is 0 Å². The number of fused-ring (bicyclic) bond motifs is 1. The molecule has 1 heterocycles. The second-order valence-corrected chi connectivity index (χ2v) is 4.67. The molecular weight excluding hydrogens is 284 g/mol. The molecule has 0 saturated carbocycles. The number of para-hydroxylation sites is 1. The predicted octanol–water partition coefficient (Wildman–Crippen LogP) is 2.21. The molecule has 2 aromatic carbocycles. The summed E-state index contributed by atoms with van der Waals surface area (Å²) in [6.45, 7) is 0. The average Bonchev–Trinajstić information content (AvgIpc) is 2.52. The van der Waals surface area contributed by atoms with Gasteiger partial charge in [0.25, 0.3) is 5.56 Å². The Morgan fingerprint density at radius 3 is 2.55 bits per heavy atom. The number of hydrogen-bond acceptors (Lipinski definition) is 5. The third kappa shape index (κ3) is 2.37. The van der Waals surface area contributed by atoms with E-state index in [1.165, 1.54) is 24.3 Å². The van der Waals surface area contributed by atoms with E-state index in [0.717, 1.165) is 0 Å². The molecule has 1 aromatic heterocycles. The summed E-state index contributed by atoms with van der Waals surface area (Å²) in [5.41, 5.74) is 0.581. The van der Waals surface area contributed by atoms with E-state index in [0.29, 0.717) is 16.7 Å². The summed E-state index contributed by atoms with van der Waals surface area (Å²) in [4.78, 5) is 18.8. The van der Waals surface area contributed by atoms with Crippen molar-refractivity contribution in [2.24, 2.45) is 0 Å². The van der Waals surface area contributed by atoms with Gasteiger partial charge in [0.1, 0.15) is 5.82 Å². The van der Waals surface area contributed by atoms with Gasteiger partial charge in [0.05, 0.1) is 10.9 Å². The van der Waals surface area contributed by atoms with Crippen LogP contribution in [0.2, 0.25) is 0 Å². The van der Waals surface area contributed by atoms with E-state index < -0.39 is 17.2 Å². The van der Waals surface area contributed by atoms with Crippen molar-refractivity contribution in [1.29, 1.82) is 0 Å². The summed E-state index contributed by atoms with van der Waals surface area (Å²) >= 11 is 0. The second-order valence-electron chi connectivity index (χ2n) is 4.67. The molecule has 0 saturated heterocycles. The normalized spacial score (nSPS) is 11.3. The molecule has 0 atom stereocenters. The summed E-state index contributed by atoms with van der Waals surface area (Å²) in [5.74, 6) is -1.14. The summed E-state index contributed by atoms with van der Waals surface area (Å²) in [6, 6.07) is 9.63. The minimum atomic E-state index is -0.595. The Bertz CT molecular complexity index is 945. The van der Waals surface area contributed by atoms with Gasteiger partial charge in [-0.1, -0.05) is 12.1 Å². The number of nitrogens with zero attached hydrogens (tertiary/aromatic N) is 1.